The Morgan fingerprint density at radius 2 is 1.92 bits per heavy atom. The molecule has 25 heavy (non-hydrogen) atoms. The van der Waals surface area contributed by atoms with E-state index in [4.69, 9.17) is 5.11 Å². The van der Waals surface area contributed by atoms with Gasteiger partial charge in [-0.05, 0) is 18.4 Å². The fourth-order valence-electron chi connectivity index (χ4n) is 3.85. The number of piperidine rings is 1. The maximum atomic E-state index is 12.4. The van der Waals surface area contributed by atoms with Crippen molar-refractivity contribution in [2.45, 2.75) is 25.7 Å². The summed E-state index contributed by atoms with van der Waals surface area (Å²) in [5.41, 5.74) is 1.16. The molecule has 0 bridgehead atoms. The van der Waals surface area contributed by atoms with Crippen LogP contribution >= 0.6 is 0 Å². The maximum absolute atomic E-state index is 12.4. The number of amides is 2. The van der Waals surface area contributed by atoms with Gasteiger partial charge in [0.25, 0.3) is 0 Å². The monoisotopic (exact) mass is 342 g/mol. The van der Waals surface area contributed by atoms with E-state index in [1.807, 2.05) is 46.2 Å². The lowest BCUT2D eigenvalue weighted by atomic mass is 9.77. The van der Waals surface area contributed by atoms with Crippen molar-refractivity contribution in [1.29, 1.82) is 0 Å². The molecule has 2 aliphatic heterocycles. The number of carbonyl (C=O) groups excluding carboxylic acids is 2. The van der Waals surface area contributed by atoms with Gasteiger partial charge in [-0.2, -0.15) is 0 Å². The topological polar surface area (TPSA) is 60.9 Å². The zero-order chi connectivity index (χ0) is 17.7. The van der Waals surface area contributed by atoms with Gasteiger partial charge in [-0.25, -0.2) is 0 Å². The lowest BCUT2D eigenvalue weighted by Crippen LogP contribution is -2.44. The van der Waals surface area contributed by atoms with Crippen LogP contribution in [0.4, 0.5) is 0 Å². The quantitative estimate of drug-likeness (QED) is 0.889. The van der Waals surface area contributed by atoms with Gasteiger partial charge in [-0.15, -0.1) is 0 Å². The lowest BCUT2D eigenvalue weighted by Gasteiger charge is -2.38. The van der Waals surface area contributed by atoms with Gasteiger partial charge in [-0.3, -0.25) is 9.59 Å². The van der Waals surface area contributed by atoms with Crippen LogP contribution in [-0.4, -0.2) is 59.5 Å². The molecule has 2 saturated heterocycles. The summed E-state index contributed by atoms with van der Waals surface area (Å²) in [5, 5.41) is 8.90. The van der Waals surface area contributed by atoms with Crippen molar-refractivity contribution in [3.63, 3.8) is 0 Å². The molecule has 0 unspecified atom stereocenters. The molecule has 2 heterocycles. The van der Waals surface area contributed by atoms with Crippen LogP contribution < -0.4 is 0 Å². The van der Waals surface area contributed by atoms with Gasteiger partial charge in [-0.1, -0.05) is 42.5 Å². The highest BCUT2D eigenvalue weighted by molar-refractivity contribution is 5.80. The van der Waals surface area contributed by atoms with Crippen LogP contribution in [0.3, 0.4) is 0 Å². The number of rotatable bonds is 5. The summed E-state index contributed by atoms with van der Waals surface area (Å²) in [6, 6.07) is 10.1. The van der Waals surface area contributed by atoms with Crippen LogP contribution in [0.5, 0.6) is 0 Å². The molecular weight excluding hydrogens is 316 g/mol. The number of aliphatic hydroxyl groups excluding tert-OH is 1. The average molecular weight is 342 g/mol. The van der Waals surface area contributed by atoms with Gasteiger partial charge >= 0.3 is 0 Å². The van der Waals surface area contributed by atoms with E-state index in [0.717, 1.165) is 24.9 Å². The maximum Gasteiger partial charge on any atom is 0.224 e. The van der Waals surface area contributed by atoms with Crippen LogP contribution in [-0.2, 0) is 9.59 Å². The summed E-state index contributed by atoms with van der Waals surface area (Å²) >= 11 is 0. The Labute approximate surface area is 148 Å². The first-order valence-corrected chi connectivity index (χ1v) is 9.00. The Morgan fingerprint density at radius 3 is 2.60 bits per heavy atom. The number of hydrogen-bond donors (Lipinski definition) is 1. The third kappa shape index (κ3) is 4.28. The second-order valence-electron chi connectivity index (χ2n) is 7.12. The van der Waals surface area contributed by atoms with Crippen LogP contribution in [0, 0.1) is 5.41 Å². The van der Waals surface area contributed by atoms with E-state index >= 15 is 0 Å². The number of benzene rings is 1. The molecule has 1 N–H and O–H groups in total. The predicted molar refractivity (Wildman–Crippen MR) is 96.6 cm³/mol. The first-order valence-electron chi connectivity index (χ1n) is 9.00. The molecule has 0 saturated carbocycles. The molecule has 1 aromatic carbocycles. The number of nitrogens with zero attached hydrogens (tertiary/aromatic N) is 2. The molecule has 5 nitrogen and oxygen atoms in total. The van der Waals surface area contributed by atoms with Crippen LogP contribution in [0.15, 0.2) is 36.4 Å². The molecule has 134 valence electrons. The van der Waals surface area contributed by atoms with Crippen LogP contribution in [0.25, 0.3) is 6.08 Å². The number of hydrogen-bond acceptors (Lipinski definition) is 3. The smallest absolute Gasteiger partial charge is 0.224 e. The number of likely N-dealkylation sites (tertiary alicyclic amines) is 2. The van der Waals surface area contributed by atoms with Crippen molar-refractivity contribution in [3.8, 4) is 0 Å². The molecule has 0 radical (unpaired) electrons. The van der Waals surface area contributed by atoms with E-state index < -0.39 is 0 Å². The summed E-state index contributed by atoms with van der Waals surface area (Å²) in [4.78, 5) is 28.0. The average Bonchev–Trinajstić information content (AvgIpc) is 2.92. The Bertz CT molecular complexity index is 634. The second kappa shape index (κ2) is 7.83. The fraction of sp³-hybridized carbons (Fsp3) is 0.500. The summed E-state index contributed by atoms with van der Waals surface area (Å²) < 4.78 is 0. The van der Waals surface area contributed by atoms with E-state index in [1.165, 1.54) is 0 Å². The standard InChI is InChI=1S/C20H26N2O3/c23-14-8-18(24)21-12-9-20(10-13-21)15-19(25)22(16-20)11-4-7-17-5-2-1-3-6-17/h1-7,23H,8-16H2. The van der Waals surface area contributed by atoms with E-state index in [-0.39, 0.29) is 30.3 Å². The van der Waals surface area contributed by atoms with Crippen molar-refractivity contribution >= 4 is 17.9 Å². The van der Waals surface area contributed by atoms with Gasteiger partial charge in [0.15, 0.2) is 0 Å². The Kier molecular flexibility index (Phi) is 5.53. The van der Waals surface area contributed by atoms with Crippen molar-refractivity contribution in [2.75, 3.05) is 32.8 Å². The zero-order valence-electron chi connectivity index (χ0n) is 14.6. The third-order valence-corrected chi connectivity index (χ3v) is 5.34. The molecule has 2 aliphatic rings. The van der Waals surface area contributed by atoms with Gasteiger partial charge in [0.05, 0.1) is 6.61 Å². The molecule has 3 rings (SSSR count). The Morgan fingerprint density at radius 1 is 1.20 bits per heavy atom. The third-order valence-electron chi connectivity index (χ3n) is 5.34. The molecule has 0 aromatic heterocycles. The molecule has 0 aliphatic carbocycles. The van der Waals surface area contributed by atoms with Crippen molar-refractivity contribution in [3.05, 3.63) is 42.0 Å². The van der Waals surface area contributed by atoms with Gasteiger partial charge in [0.2, 0.25) is 11.8 Å². The summed E-state index contributed by atoms with van der Waals surface area (Å²) in [6.45, 7) is 2.72. The molecule has 1 spiro atoms. The summed E-state index contributed by atoms with van der Waals surface area (Å²) in [6.07, 6.45) is 6.63. The number of carbonyl (C=O) groups is 2. The largest absolute Gasteiger partial charge is 0.396 e. The summed E-state index contributed by atoms with van der Waals surface area (Å²) in [5.74, 6) is 0.233. The molecular formula is C20H26N2O3. The van der Waals surface area contributed by atoms with Crippen LogP contribution in [0.2, 0.25) is 0 Å². The molecule has 5 heteroatoms. The minimum Gasteiger partial charge on any atom is -0.396 e. The van der Waals surface area contributed by atoms with E-state index in [2.05, 4.69) is 6.08 Å². The second-order valence-corrected chi connectivity index (χ2v) is 7.12. The first-order chi connectivity index (χ1) is 12.1. The predicted octanol–water partition coefficient (Wildman–Crippen LogP) is 1.92. The van der Waals surface area contributed by atoms with E-state index in [0.29, 0.717) is 26.1 Å². The summed E-state index contributed by atoms with van der Waals surface area (Å²) in [7, 11) is 0. The van der Waals surface area contributed by atoms with Gasteiger partial charge < -0.3 is 14.9 Å². The minimum absolute atomic E-state index is 0.0179. The van der Waals surface area contributed by atoms with E-state index in [1.54, 1.807) is 0 Å². The first kappa shape index (κ1) is 17.7. The zero-order valence-corrected chi connectivity index (χ0v) is 14.6. The SMILES string of the molecule is O=C(CCO)N1CCC2(CC1)CC(=O)N(CC=Cc1ccccc1)C2. The fourth-order valence-corrected chi connectivity index (χ4v) is 3.85. The highest BCUT2D eigenvalue weighted by Crippen LogP contribution is 2.41. The van der Waals surface area contributed by atoms with Crippen molar-refractivity contribution < 1.29 is 14.7 Å². The minimum atomic E-state index is -0.0967. The Hall–Kier alpha value is -2.14. The highest BCUT2D eigenvalue weighted by Gasteiger charge is 2.44. The number of aliphatic hydroxyl groups is 1. The highest BCUT2D eigenvalue weighted by atomic mass is 16.3. The molecule has 2 fully saturated rings. The van der Waals surface area contributed by atoms with Crippen molar-refractivity contribution in [2.24, 2.45) is 5.41 Å². The van der Waals surface area contributed by atoms with E-state index in [9.17, 15) is 9.59 Å². The van der Waals surface area contributed by atoms with Crippen LogP contribution in [0.1, 0.15) is 31.2 Å². The van der Waals surface area contributed by atoms with Gasteiger partial charge in [0, 0.05) is 44.4 Å². The van der Waals surface area contributed by atoms with Crippen molar-refractivity contribution in [1.82, 2.24) is 9.80 Å². The molecule has 2 amide bonds. The van der Waals surface area contributed by atoms with Gasteiger partial charge in [0.1, 0.15) is 0 Å². The Balaban J connectivity index is 1.52. The lowest BCUT2D eigenvalue weighted by molar-refractivity contribution is -0.134. The normalized spacial score (nSPS) is 20.0. The molecule has 1 aromatic rings. The molecule has 0 atom stereocenters.